The Labute approximate surface area is 261 Å². The molecule has 1 aromatic heterocycles. The molecule has 0 aliphatic carbocycles. The van der Waals surface area contributed by atoms with E-state index in [1.807, 2.05) is 0 Å². The first-order valence-electron chi connectivity index (χ1n) is 13.6. The summed E-state index contributed by atoms with van der Waals surface area (Å²) in [6.45, 7) is 4.54. The zero-order chi connectivity index (χ0) is 33.0. The molecule has 4 aromatic rings. The van der Waals surface area contributed by atoms with Gasteiger partial charge in [-0.2, -0.15) is 13.2 Å². The molecule has 4 rings (SSSR count). The van der Waals surface area contributed by atoms with Gasteiger partial charge in [0.25, 0.3) is 5.91 Å². The number of carbonyl (C=O) groups excluding carboxylic acids is 2. The number of carbonyl (C=O) groups is 2. The van der Waals surface area contributed by atoms with Gasteiger partial charge in [-0.25, -0.2) is 13.6 Å². The molecule has 0 spiro atoms. The third-order valence-electron chi connectivity index (χ3n) is 6.47. The van der Waals surface area contributed by atoms with E-state index in [1.165, 1.54) is 30.5 Å². The van der Waals surface area contributed by atoms with Crippen LogP contribution in [0.5, 0.6) is 5.75 Å². The number of halogens is 6. The van der Waals surface area contributed by atoms with Crippen LogP contribution in [0.4, 0.5) is 22.0 Å². The highest BCUT2D eigenvalue weighted by Crippen LogP contribution is 2.36. The van der Waals surface area contributed by atoms with Crippen LogP contribution in [0.25, 0.3) is 0 Å². The van der Waals surface area contributed by atoms with Crippen LogP contribution in [0.1, 0.15) is 53.5 Å². The van der Waals surface area contributed by atoms with Crippen LogP contribution >= 0.6 is 11.6 Å². The highest BCUT2D eigenvalue weighted by molar-refractivity contribution is 6.30. The van der Waals surface area contributed by atoms with E-state index in [4.69, 9.17) is 21.1 Å². The van der Waals surface area contributed by atoms with Gasteiger partial charge in [0.05, 0.1) is 16.3 Å². The van der Waals surface area contributed by atoms with Crippen molar-refractivity contribution in [2.45, 2.75) is 44.5 Å². The number of esters is 1. The fraction of sp³-hybridized carbons (Fsp3) is 0.242. The van der Waals surface area contributed by atoms with Crippen LogP contribution in [0.15, 0.2) is 85.1 Å². The highest BCUT2D eigenvalue weighted by Gasteiger charge is 2.40. The molecule has 0 fully saturated rings. The molecule has 0 radical (unpaired) electrons. The van der Waals surface area contributed by atoms with Crippen LogP contribution in [-0.2, 0) is 27.7 Å². The van der Waals surface area contributed by atoms with Crippen LogP contribution in [0.3, 0.4) is 0 Å². The first-order chi connectivity index (χ1) is 21.1. The second-order valence-corrected chi connectivity index (χ2v) is 11.6. The van der Waals surface area contributed by atoms with Crippen molar-refractivity contribution in [2.75, 3.05) is 6.61 Å². The number of nitrogens with one attached hydrogen (secondary N) is 1. The molecule has 45 heavy (non-hydrogen) atoms. The Morgan fingerprint density at radius 3 is 2.24 bits per heavy atom. The number of ether oxygens (including phenoxy) is 2. The van der Waals surface area contributed by atoms with Gasteiger partial charge in [-0.1, -0.05) is 41.9 Å². The fourth-order valence-corrected chi connectivity index (χ4v) is 4.76. The summed E-state index contributed by atoms with van der Waals surface area (Å²) < 4.78 is 80.1. The Balaban J connectivity index is 1.80. The van der Waals surface area contributed by atoms with Crippen molar-refractivity contribution in [3.63, 3.8) is 0 Å². The van der Waals surface area contributed by atoms with Gasteiger partial charge < -0.3 is 14.8 Å². The highest BCUT2D eigenvalue weighted by atomic mass is 35.5. The van der Waals surface area contributed by atoms with Gasteiger partial charge in [0, 0.05) is 24.2 Å². The summed E-state index contributed by atoms with van der Waals surface area (Å²) in [5, 5.41) is 3.06. The smallest absolute Gasteiger partial charge is 0.419 e. The average molecular weight is 647 g/mol. The molecule has 1 atom stereocenters. The van der Waals surface area contributed by atoms with Gasteiger partial charge in [-0.3, -0.25) is 9.78 Å². The number of hydrogen-bond donors (Lipinski definition) is 1. The van der Waals surface area contributed by atoms with Crippen LogP contribution in [-0.4, -0.2) is 29.1 Å². The molecular formula is C33H28ClF5N2O4. The minimum absolute atomic E-state index is 0.0124. The number of hydrogen-bond acceptors (Lipinski definition) is 5. The number of nitrogens with zero attached hydrogens (tertiary/aromatic N) is 1. The van der Waals surface area contributed by atoms with E-state index in [0.29, 0.717) is 17.7 Å². The van der Waals surface area contributed by atoms with Crippen molar-refractivity contribution in [3.05, 3.63) is 130 Å². The lowest BCUT2D eigenvalue weighted by atomic mass is 9.80. The lowest BCUT2D eigenvalue weighted by Gasteiger charge is -2.35. The third-order valence-corrected chi connectivity index (χ3v) is 6.69. The zero-order valence-electron chi connectivity index (χ0n) is 24.3. The summed E-state index contributed by atoms with van der Waals surface area (Å²) >= 11 is 6.09. The largest absolute Gasteiger partial charge is 0.482 e. The van der Waals surface area contributed by atoms with E-state index in [1.54, 1.807) is 51.1 Å². The summed E-state index contributed by atoms with van der Waals surface area (Å²) in [6.07, 6.45) is -3.92. The molecule has 236 valence electrons. The third kappa shape index (κ3) is 8.57. The molecule has 0 bridgehead atoms. The normalized spacial score (nSPS) is 13.1. The Hall–Kier alpha value is -4.51. The minimum atomic E-state index is -5.05. The monoisotopic (exact) mass is 646 g/mol. The Morgan fingerprint density at radius 1 is 0.911 bits per heavy atom. The molecule has 3 aromatic carbocycles. The molecule has 12 heteroatoms. The van der Waals surface area contributed by atoms with Gasteiger partial charge in [0.1, 0.15) is 28.5 Å². The van der Waals surface area contributed by atoms with Crippen LogP contribution < -0.4 is 10.1 Å². The van der Waals surface area contributed by atoms with Gasteiger partial charge in [-0.15, -0.1) is 0 Å². The maximum absolute atomic E-state index is 14.9. The number of pyridine rings is 1. The zero-order valence-corrected chi connectivity index (χ0v) is 25.1. The predicted octanol–water partition coefficient (Wildman–Crippen LogP) is 7.67. The SMILES string of the molecule is CC(C)(C)OC(=O)COc1cc(F)cc(CC(NC(=O)c2ccc(F)c(C(F)(F)F)c2)(c2ccccc2)c2ccc(Cl)cn2)c1. The summed E-state index contributed by atoms with van der Waals surface area (Å²) in [6, 6.07) is 17.0. The molecule has 0 saturated heterocycles. The van der Waals surface area contributed by atoms with E-state index in [2.05, 4.69) is 10.3 Å². The Kier molecular flexibility index (Phi) is 9.82. The molecular weight excluding hydrogens is 619 g/mol. The summed E-state index contributed by atoms with van der Waals surface area (Å²) in [7, 11) is 0. The summed E-state index contributed by atoms with van der Waals surface area (Å²) in [5.41, 5.74) is -3.55. The number of benzene rings is 3. The molecule has 1 unspecified atom stereocenters. The first-order valence-corrected chi connectivity index (χ1v) is 13.9. The Morgan fingerprint density at radius 2 is 1.62 bits per heavy atom. The van der Waals surface area contributed by atoms with E-state index in [0.717, 1.165) is 12.1 Å². The molecule has 0 aliphatic rings. The number of rotatable bonds is 9. The second kappa shape index (κ2) is 13.2. The lowest BCUT2D eigenvalue weighted by molar-refractivity contribution is -0.157. The Bertz CT molecular complexity index is 1680. The minimum Gasteiger partial charge on any atom is -0.482 e. The molecule has 6 nitrogen and oxygen atoms in total. The van der Waals surface area contributed by atoms with Crippen molar-refractivity contribution in [1.82, 2.24) is 10.3 Å². The van der Waals surface area contributed by atoms with E-state index in [9.17, 15) is 31.5 Å². The van der Waals surface area contributed by atoms with Gasteiger partial charge in [0.15, 0.2) is 6.61 Å². The quantitative estimate of drug-likeness (QED) is 0.149. The molecule has 1 heterocycles. The van der Waals surface area contributed by atoms with Gasteiger partial charge >= 0.3 is 12.1 Å². The van der Waals surface area contributed by atoms with Crippen molar-refractivity contribution >= 4 is 23.5 Å². The maximum atomic E-state index is 14.9. The van der Waals surface area contributed by atoms with Crippen molar-refractivity contribution in [3.8, 4) is 5.75 Å². The molecule has 0 saturated carbocycles. The predicted molar refractivity (Wildman–Crippen MR) is 157 cm³/mol. The van der Waals surface area contributed by atoms with Crippen LogP contribution in [0.2, 0.25) is 5.02 Å². The average Bonchev–Trinajstić information content (AvgIpc) is 2.95. The summed E-state index contributed by atoms with van der Waals surface area (Å²) in [5.74, 6) is -3.94. The number of alkyl halides is 3. The van der Waals surface area contributed by atoms with E-state index < -0.39 is 58.6 Å². The van der Waals surface area contributed by atoms with Gasteiger partial charge in [0.2, 0.25) is 0 Å². The van der Waals surface area contributed by atoms with Crippen LogP contribution in [0, 0.1) is 11.6 Å². The molecule has 1 N–H and O–H groups in total. The van der Waals surface area contributed by atoms with E-state index >= 15 is 0 Å². The lowest BCUT2D eigenvalue weighted by Crippen LogP contribution is -2.49. The number of amides is 1. The second-order valence-electron chi connectivity index (χ2n) is 11.1. The van der Waals surface area contributed by atoms with Gasteiger partial charge in [-0.05, 0) is 74.4 Å². The number of aromatic nitrogens is 1. The maximum Gasteiger partial charge on any atom is 0.419 e. The topological polar surface area (TPSA) is 77.5 Å². The van der Waals surface area contributed by atoms with E-state index in [-0.39, 0.29) is 28.5 Å². The molecule has 0 aliphatic heterocycles. The van der Waals surface area contributed by atoms with Crippen molar-refractivity contribution < 1.29 is 41.0 Å². The molecule has 1 amide bonds. The standard InChI is InChI=1S/C33H28ClF5N2O4/c1-31(2,3)45-29(42)19-44-25-14-20(13-24(35)16-25)17-32(22-7-5-4-6-8-22,28-12-10-23(34)18-40-28)41-30(43)21-9-11-27(36)26(15-21)33(37,38)39/h4-16,18H,17,19H2,1-3H3,(H,41,43). The van der Waals surface area contributed by atoms with Crippen molar-refractivity contribution in [1.29, 1.82) is 0 Å². The summed E-state index contributed by atoms with van der Waals surface area (Å²) in [4.78, 5) is 30.3. The fourth-order valence-electron chi connectivity index (χ4n) is 4.65. The first kappa shape index (κ1) is 33.4. The van der Waals surface area contributed by atoms with Crippen molar-refractivity contribution in [2.24, 2.45) is 0 Å².